The fourth-order valence-corrected chi connectivity index (χ4v) is 4.70. The standard InChI is InChI=1S/C30H31N5O3/c1-33-14-16-35(17-15-33)19-27(37)34(2)24-11-9-23(10-12-24)31-29(22-6-4-3-5-7-22)28-25-13-8-21(20-36)18-26(25)32-30(28)38/h3-13,18,20,32,38H,14-17,19H2,1-2H3. The Kier molecular flexibility index (Phi) is 7.35. The molecule has 8 nitrogen and oxygen atoms in total. The Morgan fingerprint density at radius 2 is 1.74 bits per heavy atom. The van der Waals surface area contributed by atoms with Crippen LogP contribution in [0.25, 0.3) is 10.9 Å². The van der Waals surface area contributed by atoms with Crippen LogP contribution in [0.1, 0.15) is 21.5 Å². The molecule has 5 rings (SSSR count). The van der Waals surface area contributed by atoms with Crippen molar-refractivity contribution in [1.82, 2.24) is 14.8 Å². The van der Waals surface area contributed by atoms with Crippen molar-refractivity contribution in [3.8, 4) is 5.88 Å². The second kappa shape index (κ2) is 11.0. The molecular formula is C30H31N5O3. The first kappa shape index (κ1) is 25.4. The number of carbonyl (C=O) groups is 2. The van der Waals surface area contributed by atoms with Crippen LogP contribution in [0.2, 0.25) is 0 Å². The molecule has 4 aromatic rings. The molecule has 1 fully saturated rings. The Morgan fingerprint density at radius 3 is 2.42 bits per heavy atom. The van der Waals surface area contributed by atoms with E-state index >= 15 is 0 Å². The maximum atomic E-state index is 12.9. The van der Waals surface area contributed by atoms with Crippen LogP contribution in [-0.4, -0.2) is 84.6 Å². The van der Waals surface area contributed by atoms with E-state index in [-0.39, 0.29) is 11.8 Å². The number of aliphatic imine (C=N–C) groups is 1. The van der Waals surface area contributed by atoms with Gasteiger partial charge in [0.2, 0.25) is 5.91 Å². The zero-order valence-electron chi connectivity index (χ0n) is 21.6. The van der Waals surface area contributed by atoms with Crippen LogP contribution < -0.4 is 4.90 Å². The van der Waals surface area contributed by atoms with E-state index in [0.717, 1.165) is 49.1 Å². The number of rotatable bonds is 7. The number of fused-ring (bicyclic) bond motifs is 1. The molecule has 0 aliphatic carbocycles. The van der Waals surface area contributed by atoms with Crippen LogP contribution in [0.5, 0.6) is 5.88 Å². The summed E-state index contributed by atoms with van der Waals surface area (Å²) >= 11 is 0. The van der Waals surface area contributed by atoms with Gasteiger partial charge in [0, 0.05) is 60.9 Å². The van der Waals surface area contributed by atoms with Crippen LogP contribution in [0.4, 0.5) is 11.4 Å². The summed E-state index contributed by atoms with van der Waals surface area (Å²) in [6.07, 6.45) is 0.775. The number of nitrogens with zero attached hydrogens (tertiary/aromatic N) is 4. The van der Waals surface area contributed by atoms with Crippen LogP contribution >= 0.6 is 0 Å². The van der Waals surface area contributed by atoms with Gasteiger partial charge in [-0.05, 0) is 37.4 Å². The summed E-state index contributed by atoms with van der Waals surface area (Å²) in [4.78, 5) is 38.2. The second-order valence-corrected chi connectivity index (χ2v) is 9.65. The third-order valence-corrected chi connectivity index (χ3v) is 7.03. The SMILES string of the molecule is CN1CCN(CC(=O)N(C)c2ccc(N=C(c3ccccc3)c3c(O)[nH]c4cc(C=O)ccc34)cc2)CC1. The molecule has 1 saturated heterocycles. The number of nitrogens with one attached hydrogen (secondary N) is 1. The number of likely N-dealkylation sites (N-methyl/N-ethyl adjacent to an activating group) is 2. The molecule has 0 spiro atoms. The van der Waals surface area contributed by atoms with Crippen molar-refractivity contribution in [3.05, 3.63) is 89.5 Å². The molecule has 0 unspecified atom stereocenters. The fraction of sp³-hybridized carbons (Fsp3) is 0.233. The van der Waals surface area contributed by atoms with Crippen LogP contribution in [0, 0.1) is 0 Å². The average molecular weight is 510 g/mol. The molecule has 3 aromatic carbocycles. The first-order valence-electron chi connectivity index (χ1n) is 12.6. The lowest BCUT2D eigenvalue weighted by molar-refractivity contribution is -0.119. The molecule has 1 amide bonds. The van der Waals surface area contributed by atoms with Crippen LogP contribution in [0.3, 0.4) is 0 Å². The fourth-order valence-electron chi connectivity index (χ4n) is 4.70. The van der Waals surface area contributed by atoms with E-state index < -0.39 is 0 Å². The van der Waals surface area contributed by atoms with Gasteiger partial charge < -0.3 is 19.9 Å². The summed E-state index contributed by atoms with van der Waals surface area (Å²) in [6, 6.07) is 22.4. The van der Waals surface area contributed by atoms with Crippen molar-refractivity contribution >= 4 is 40.2 Å². The monoisotopic (exact) mass is 509 g/mol. The highest BCUT2D eigenvalue weighted by Crippen LogP contribution is 2.32. The molecule has 8 heteroatoms. The minimum Gasteiger partial charge on any atom is -0.494 e. The number of benzene rings is 3. The number of carbonyl (C=O) groups excluding carboxylic acids is 2. The number of hydrogen-bond acceptors (Lipinski definition) is 6. The Morgan fingerprint density at radius 1 is 1.03 bits per heavy atom. The smallest absolute Gasteiger partial charge is 0.240 e. The Hall–Kier alpha value is -4.27. The van der Waals surface area contributed by atoms with Gasteiger partial charge in [0.25, 0.3) is 0 Å². The Balaban J connectivity index is 1.44. The van der Waals surface area contributed by atoms with E-state index in [1.807, 2.05) is 60.7 Å². The second-order valence-electron chi connectivity index (χ2n) is 9.65. The van der Waals surface area contributed by atoms with Gasteiger partial charge in [-0.1, -0.05) is 42.5 Å². The third-order valence-electron chi connectivity index (χ3n) is 7.03. The number of aldehydes is 1. The third kappa shape index (κ3) is 5.37. The van der Waals surface area contributed by atoms with Gasteiger partial charge in [0.05, 0.1) is 23.5 Å². The highest BCUT2D eigenvalue weighted by atomic mass is 16.3. The summed E-state index contributed by atoms with van der Waals surface area (Å²) in [5.74, 6) is 0.0331. The van der Waals surface area contributed by atoms with Crippen molar-refractivity contribution < 1.29 is 14.7 Å². The van der Waals surface area contributed by atoms with Gasteiger partial charge in [-0.25, -0.2) is 4.99 Å². The molecule has 1 aliphatic heterocycles. The molecule has 194 valence electrons. The van der Waals surface area contributed by atoms with E-state index in [9.17, 15) is 14.7 Å². The lowest BCUT2D eigenvalue weighted by atomic mass is 10.00. The van der Waals surface area contributed by atoms with Gasteiger partial charge in [0.15, 0.2) is 5.88 Å². The highest BCUT2D eigenvalue weighted by molar-refractivity contribution is 6.22. The van der Waals surface area contributed by atoms with Crippen LogP contribution in [0.15, 0.2) is 77.8 Å². The predicted molar refractivity (Wildman–Crippen MR) is 151 cm³/mol. The average Bonchev–Trinajstić information content (AvgIpc) is 3.27. The van der Waals surface area contributed by atoms with Crippen molar-refractivity contribution in [2.45, 2.75) is 0 Å². The molecule has 1 aromatic heterocycles. The zero-order chi connectivity index (χ0) is 26.6. The molecule has 0 saturated carbocycles. The molecule has 2 heterocycles. The zero-order valence-corrected chi connectivity index (χ0v) is 21.6. The quantitative estimate of drug-likeness (QED) is 0.290. The molecule has 0 radical (unpaired) electrons. The number of aromatic hydroxyl groups is 1. The number of hydrogen-bond donors (Lipinski definition) is 2. The van der Waals surface area contributed by atoms with Gasteiger partial charge in [-0.15, -0.1) is 0 Å². The summed E-state index contributed by atoms with van der Waals surface area (Å²) < 4.78 is 0. The summed E-state index contributed by atoms with van der Waals surface area (Å²) in [5.41, 5.74) is 4.65. The minimum absolute atomic E-state index is 0.0171. The van der Waals surface area contributed by atoms with E-state index in [4.69, 9.17) is 4.99 Å². The summed E-state index contributed by atoms with van der Waals surface area (Å²) in [7, 11) is 3.89. The van der Waals surface area contributed by atoms with Gasteiger partial charge in [0.1, 0.15) is 6.29 Å². The molecule has 1 aliphatic rings. The maximum absolute atomic E-state index is 12.9. The molecule has 0 bridgehead atoms. The maximum Gasteiger partial charge on any atom is 0.240 e. The predicted octanol–water partition coefficient (Wildman–Crippen LogP) is 4.07. The van der Waals surface area contributed by atoms with E-state index in [1.165, 1.54) is 0 Å². The Bertz CT molecular complexity index is 1470. The topological polar surface area (TPSA) is 92.2 Å². The minimum atomic E-state index is -0.0171. The summed E-state index contributed by atoms with van der Waals surface area (Å²) in [5, 5.41) is 11.6. The first-order valence-corrected chi connectivity index (χ1v) is 12.6. The number of aromatic amines is 1. The van der Waals surface area contributed by atoms with E-state index in [1.54, 1.807) is 24.1 Å². The number of amides is 1. The van der Waals surface area contributed by atoms with Crippen molar-refractivity contribution in [2.75, 3.05) is 51.7 Å². The van der Waals surface area contributed by atoms with Crippen LogP contribution in [-0.2, 0) is 4.79 Å². The van der Waals surface area contributed by atoms with Crippen molar-refractivity contribution in [1.29, 1.82) is 0 Å². The normalized spacial score (nSPS) is 15.1. The van der Waals surface area contributed by atoms with Gasteiger partial charge >= 0.3 is 0 Å². The summed E-state index contributed by atoms with van der Waals surface area (Å²) in [6.45, 7) is 4.12. The van der Waals surface area contributed by atoms with E-state index in [2.05, 4.69) is 21.8 Å². The van der Waals surface area contributed by atoms with Gasteiger partial charge in [-0.3, -0.25) is 14.5 Å². The molecule has 0 atom stereocenters. The largest absolute Gasteiger partial charge is 0.494 e. The number of anilines is 1. The first-order chi connectivity index (χ1) is 18.4. The lowest BCUT2D eigenvalue weighted by Crippen LogP contribution is -2.48. The van der Waals surface area contributed by atoms with Gasteiger partial charge in [-0.2, -0.15) is 0 Å². The van der Waals surface area contributed by atoms with Crippen molar-refractivity contribution in [2.24, 2.45) is 4.99 Å². The lowest BCUT2D eigenvalue weighted by Gasteiger charge is -2.32. The van der Waals surface area contributed by atoms with E-state index in [0.29, 0.717) is 34.6 Å². The number of H-pyrrole nitrogens is 1. The van der Waals surface area contributed by atoms with Crippen molar-refractivity contribution in [3.63, 3.8) is 0 Å². The Labute approximate surface area is 221 Å². The number of piperazine rings is 1. The molecular weight excluding hydrogens is 478 g/mol. The highest BCUT2D eigenvalue weighted by Gasteiger charge is 2.21. The molecule has 38 heavy (non-hydrogen) atoms. The number of aromatic nitrogens is 1. The molecule has 2 N–H and O–H groups in total.